The lowest BCUT2D eigenvalue weighted by atomic mass is 9.95. The summed E-state index contributed by atoms with van der Waals surface area (Å²) in [5.74, 6) is 0. The molecule has 2 heterocycles. The smallest absolute Gasteiger partial charge is 0.307 e. The van der Waals surface area contributed by atoms with Crippen molar-refractivity contribution in [3.8, 4) is 28.6 Å². The van der Waals surface area contributed by atoms with Crippen molar-refractivity contribution in [2.45, 2.75) is 33.9 Å². The van der Waals surface area contributed by atoms with Crippen molar-refractivity contribution in [3.63, 3.8) is 0 Å². The van der Waals surface area contributed by atoms with Gasteiger partial charge in [-0.15, -0.1) is 0 Å². The first-order valence-corrected chi connectivity index (χ1v) is 15.8. The molecule has 3 nitrogen and oxygen atoms in total. The van der Waals surface area contributed by atoms with Crippen molar-refractivity contribution >= 4 is 43.6 Å². The van der Waals surface area contributed by atoms with Gasteiger partial charge >= 0.3 is 6.18 Å². The fourth-order valence-corrected chi connectivity index (χ4v) is 7.23. The monoisotopic (exact) mass is 633 g/mol. The van der Waals surface area contributed by atoms with E-state index in [0.717, 1.165) is 71.9 Å². The molecule has 8 rings (SSSR count). The summed E-state index contributed by atoms with van der Waals surface area (Å²) < 4.78 is 47.6. The van der Waals surface area contributed by atoms with Crippen LogP contribution < -0.4 is 0 Å². The zero-order valence-corrected chi connectivity index (χ0v) is 26.9. The molecule has 0 aliphatic heterocycles. The van der Waals surface area contributed by atoms with E-state index in [1.165, 1.54) is 12.1 Å². The van der Waals surface area contributed by atoms with Crippen LogP contribution in [0.2, 0.25) is 0 Å². The second-order valence-electron chi connectivity index (χ2n) is 12.8. The second-order valence-corrected chi connectivity index (χ2v) is 12.8. The van der Waals surface area contributed by atoms with Crippen molar-refractivity contribution in [1.29, 1.82) is 5.26 Å². The summed E-state index contributed by atoms with van der Waals surface area (Å²) in [5, 5.41) is 15.0. The number of rotatable bonds is 3. The first kappa shape index (κ1) is 29.6. The van der Waals surface area contributed by atoms with Crippen molar-refractivity contribution in [1.82, 2.24) is 9.13 Å². The van der Waals surface area contributed by atoms with Crippen molar-refractivity contribution in [2.24, 2.45) is 0 Å². The van der Waals surface area contributed by atoms with Gasteiger partial charge in [0.2, 0.25) is 0 Å². The van der Waals surface area contributed by atoms with Crippen LogP contribution in [0.4, 0.5) is 13.2 Å². The van der Waals surface area contributed by atoms with Crippen LogP contribution in [0.25, 0.3) is 66.1 Å². The number of alkyl halides is 3. The topological polar surface area (TPSA) is 33.6 Å². The molecule has 0 saturated heterocycles. The molecule has 0 fully saturated rings. The molecule has 6 heteroatoms. The molecule has 0 N–H and O–H groups in total. The molecule has 2 aromatic heterocycles. The Morgan fingerprint density at radius 3 is 1.42 bits per heavy atom. The van der Waals surface area contributed by atoms with Gasteiger partial charge in [-0.05, 0) is 104 Å². The van der Waals surface area contributed by atoms with Gasteiger partial charge in [-0.1, -0.05) is 66.7 Å². The van der Waals surface area contributed by atoms with Crippen LogP contribution in [-0.2, 0) is 6.18 Å². The lowest BCUT2D eigenvalue weighted by Crippen LogP contribution is -2.09. The highest BCUT2D eigenvalue weighted by Crippen LogP contribution is 2.44. The fourth-order valence-electron chi connectivity index (χ4n) is 7.23. The predicted molar refractivity (Wildman–Crippen MR) is 189 cm³/mol. The van der Waals surface area contributed by atoms with Crippen molar-refractivity contribution < 1.29 is 13.2 Å². The third-order valence-electron chi connectivity index (χ3n) is 9.38. The Balaban J connectivity index is 1.62. The average Bonchev–Trinajstić information content (AvgIpc) is 3.53. The Labute approximate surface area is 275 Å². The van der Waals surface area contributed by atoms with Crippen LogP contribution in [0.1, 0.15) is 33.4 Å². The van der Waals surface area contributed by atoms with E-state index >= 15 is 0 Å². The minimum Gasteiger partial charge on any atom is -0.307 e. The van der Waals surface area contributed by atoms with E-state index in [9.17, 15) is 18.4 Å². The van der Waals surface area contributed by atoms with E-state index in [1.807, 2.05) is 33.8 Å². The molecule has 0 spiro atoms. The number of hydrogen-bond acceptors (Lipinski definition) is 1. The molecule has 8 aromatic rings. The van der Waals surface area contributed by atoms with E-state index in [-0.39, 0.29) is 11.1 Å². The maximum absolute atomic E-state index is 14.4. The Morgan fingerprint density at radius 1 is 0.542 bits per heavy atom. The lowest BCUT2D eigenvalue weighted by Gasteiger charge is -2.21. The Hall–Kier alpha value is -5.80. The summed E-state index contributed by atoms with van der Waals surface area (Å²) >= 11 is 0. The predicted octanol–water partition coefficient (Wildman–Crippen LogP) is 11.7. The quantitative estimate of drug-likeness (QED) is 0.191. The minimum absolute atomic E-state index is 0.0244. The molecule has 234 valence electrons. The van der Waals surface area contributed by atoms with E-state index in [4.69, 9.17) is 0 Å². The first-order chi connectivity index (χ1) is 23.0. The standard InChI is InChI=1S/C42H30F3N3/c1-24-9-13-31-32-14-10-25(2)18-37(32)47(36(31)17-24)40-22-28(30-7-5-6-8-35(30)42(43,44)45)21-29(23-46)41(40)48-38-19-26(3)11-15-33(38)34-16-12-27(4)20-39(34)48/h5-22H,1-4H3. The molecule has 0 unspecified atom stereocenters. The molecule has 48 heavy (non-hydrogen) atoms. The van der Waals surface area contributed by atoms with Gasteiger partial charge in [-0.25, -0.2) is 0 Å². The van der Waals surface area contributed by atoms with E-state index < -0.39 is 11.7 Å². The molecule has 0 atom stereocenters. The van der Waals surface area contributed by atoms with Gasteiger partial charge in [0.05, 0.1) is 44.6 Å². The summed E-state index contributed by atoms with van der Waals surface area (Å²) in [5.41, 5.74) is 8.99. The molecular weight excluding hydrogens is 603 g/mol. The molecule has 0 bridgehead atoms. The molecule has 0 aliphatic carbocycles. The summed E-state index contributed by atoms with van der Waals surface area (Å²) in [6.45, 7) is 8.13. The molecule has 0 aliphatic rings. The molecule has 6 aromatic carbocycles. The SMILES string of the molecule is Cc1ccc2c3ccc(C)cc3n(-c3cc(-c4ccccc4C(F)(F)F)cc(C#N)c3-n3c4cc(C)ccc4c4ccc(C)cc43)c2c1. The lowest BCUT2D eigenvalue weighted by molar-refractivity contribution is -0.137. The molecule has 0 radical (unpaired) electrons. The number of fused-ring (bicyclic) bond motifs is 6. The van der Waals surface area contributed by atoms with Crippen LogP contribution in [0.15, 0.2) is 109 Å². The van der Waals surface area contributed by atoms with Gasteiger partial charge < -0.3 is 9.13 Å². The number of benzene rings is 6. The van der Waals surface area contributed by atoms with E-state index in [2.05, 4.69) is 88.0 Å². The highest BCUT2D eigenvalue weighted by atomic mass is 19.4. The normalized spacial score (nSPS) is 12.0. The third-order valence-corrected chi connectivity index (χ3v) is 9.38. The zero-order valence-electron chi connectivity index (χ0n) is 26.9. The van der Waals surface area contributed by atoms with Crippen LogP contribution in [0.3, 0.4) is 0 Å². The minimum atomic E-state index is -4.58. The highest BCUT2D eigenvalue weighted by molar-refractivity contribution is 6.12. The first-order valence-electron chi connectivity index (χ1n) is 15.8. The van der Waals surface area contributed by atoms with Gasteiger partial charge in [0, 0.05) is 21.5 Å². The van der Waals surface area contributed by atoms with Crippen molar-refractivity contribution in [2.75, 3.05) is 0 Å². The van der Waals surface area contributed by atoms with Gasteiger partial charge in [0.1, 0.15) is 6.07 Å². The van der Waals surface area contributed by atoms with Gasteiger partial charge in [0.15, 0.2) is 0 Å². The summed E-state index contributed by atoms with van der Waals surface area (Å²) in [4.78, 5) is 0. The summed E-state index contributed by atoms with van der Waals surface area (Å²) in [6, 6.07) is 36.6. The number of halogens is 3. The number of aromatic nitrogens is 2. The number of nitriles is 1. The second kappa shape index (κ2) is 10.6. The van der Waals surface area contributed by atoms with Crippen LogP contribution in [0.5, 0.6) is 0 Å². The molecular formula is C42H30F3N3. The van der Waals surface area contributed by atoms with Crippen LogP contribution >= 0.6 is 0 Å². The largest absolute Gasteiger partial charge is 0.417 e. The van der Waals surface area contributed by atoms with E-state index in [1.54, 1.807) is 12.1 Å². The van der Waals surface area contributed by atoms with Crippen LogP contribution in [0, 0.1) is 39.0 Å². The summed E-state index contributed by atoms with van der Waals surface area (Å²) in [6.07, 6.45) is -4.58. The van der Waals surface area contributed by atoms with Gasteiger partial charge in [-0.2, -0.15) is 18.4 Å². The number of hydrogen-bond donors (Lipinski definition) is 0. The zero-order chi connectivity index (χ0) is 33.5. The maximum atomic E-state index is 14.4. The maximum Gasteiger partial charge on any atom is 0.417 e. The Bertz CT molecular complexity index is 2540. The average molecular weight is 634 g/mol. The fraction of sp³-hybridized carbons (Fsp3) is 0.119. The Kier molecular flexibility index (Phi) is 6.54. The van der Waals surface area contributed by atoms with E-state index in [0.29, 0.717) is 16.9 Å². The van der Waals surface area contributed by atoms with Crippen molar-refractivity contribution in [3.05, 3.63) is 143 Å². The number of aryl methyl sites for hydroxylation is 4. The van der Waals surface area contributed by atoms with Gasteiger partial charge in [-0.3, -0.25) is 0 Å². The molecule has 0 saturated carbocycles. The number of nitrogens with zero attached hydrogens (tertiary/aromatic N) is 3. The Morgan fingerprint density at radius 2 is 0.979 bits per heavy atom. The molecule has 0 amide bonds. The third kappa shape index (κ3) is 4.50. The summed E-state index contributed by atoms with van der Waals surface area (Å²) in [7, 11) is 0. The highest BCUT2D eigenvalue weighted by Gasteiger charge is 2.34. The van der Waals surface area contributed by atoms with Gasteiger partial charge in [0.25, 0.3) is 0 Å². The van der Waals surface area contributed by atoms with Crippen LogP contribution in [-0.4, -0.2) is 9.13 Å².